The van der Waals surface area contributed by atoms with Crippen LogP contribution in [0.1, 0.15) is 12.0 Å². The fourth-order valence-electron chi connectivity index (χ4n) is 2.65. The summed E-state index contributed by atoms with van der Waals surface area (Å²) in [5.41, 5.74) is 1.58. The van der Waals surface area contributed by atoms with Crippen molar-refractivity contribution in [3.8, 4) is 0 Å². The molecule has 1 atom stereocenters. The zero-order valence-corrected chi connectivity index (χ0v) is 13.5. The lowest BCUT2D eigenvalue weighted by atomic mass is 10.1. The lowest BCUT2D eigenvalue weighted by Gasteiger charge is -2.14. The Labute approximate surface area is 139 Å². The molecule has 2 amide bonds. The minimum Gasteiger partial charge on any atom is -0.352 e. The van der Waals surface area contributed by atoms with Gasteiger partial charge in [0, 0.05) is 37.8 Å². The molecule has 1 aromatic heterocycles. The summed E-state index contributed by atoms with van der Waals surface area (Å²) in [6.45, 7) is 0.731. The minimum atomic E-state index is -0.356. The first-order valence-electron chi connectivity index (χ1n) is 7.34. The van der Waals surface area contributed by atoms with E-state index in [-0.39, 0.29) is 24.2 Å². The average Bonchev–Trinajstić information content (AvgIpc) is 3.12. The van der Waals surface area contributed by atoms with Crippen molar-refractivity contribution in [2.45, 2.75) is 13.0 Å². The summed E-state index contributed by atoms with van der Waals surface area (Å²) in [7, 11) is 1.79. The van der Waals surface area contributed by atoms with E-state index in [1.807, 2.05) is 18.2 Å². The third kappa shape index (κ3) is 3.37. The predicted molar refractivity (Wildman–Crippen MR) is 87.0 cm³/mol. The van der Waals surface area contributed by atoms with E-state index in [0.29, 0.717) is 18.1 Å². The van der Waals surface area contributed by atoms with E-state index in [2.05, 4.69) is 10.4 Å². The molecule has 1 aliphatic rings. The van der Waals surface area contributed by atoms with Crippen LogP contribution in [0, 0.1) is 5.92 Å². The van der Waals surface area contributed by atoms with Crippen LogP contribution in [-0.4, -0.2) is 28.1 Å². The van der Waals surface area contributed by atoms with Crippen molar-refractivity contribution >= 4 is 29.1 Å². The van der Waals surface area contributed by atoms with Gasteiger partial charge < -0.3 is 10.2 Å². The summed E-state index contributed by atoms with van der Waals surface area (Å²) in [5, 5.41) is 7.53. The molecule has 6 nitrogen and oxygen atoms in total. The number of carbonyl (C=O) groups is 2. The quantitative estimate of drug-likeness (QED) is 0.927. The summed E-state index contributed by atoms with van der Waals surface area (Å²) in [4.78, 5) is 26.0. The number of aromatic nitrogens is 2. The normalized spacial score (nSPS) is 17.6. The minimum absolute atomic E-state index is 0.0594. The molecule has 1 aliphatic heterocycles. The number of rotatable bonds is 4. The van der Waals surface area contributed by atoms with Gasteiger partial charge in [-0.1, -0.05) is 29.8 Å². The fraction of sp³-hybridized carbons (Fsp3) is 0.312. The summed E-state index contributed by atoms with van der Waals surface area (Å²) >= 11 is 6.07. The molecule has 1 saturated heterocycles. The molecule has 1 fully saturated rings. The second kappa shape index (κ2) is 6.42. The lowest BCUT2D eigenvalue weighted by molar-refractivity contribution is -0.126. The van der Waals surface area contributed by atoms with Crippen molar-refractivity contribution in [2.75, 3.05) is 11.4 Å². The van der Waals surface area contributed by atoms with Crippen molar-refractivity contribution in [2.24, 2.45) is 13.0 Å². The number of benzene rings is 1. The maximum absolute atomic E-state index is 12.3. The smallest absolute Gasteiger partial charge is 0.227 e. The van der Waals surface area contributed by atoms with Gasteiger partial charge in [0.1, 0.15) is 0 Å². The van der Waals surface area contributed by atoms with Gasteiger partial charge in [-0.2, -0.15) is 5.10 Å². The largest absolute Gasteiger partial charge is 0.352 e. The average molecular weight is 333 g/mol. The zero-order chi connectivity index (χ0) is 16.4. The highest BCUT2D eigenvalue weighted by molar-refractivity contribution is 6.31. The van der Waals surface area contributed by atoms with E-state index in [1.54, 1.807) is 35.1 Å². The van der Waals surface area contributed by atoms with Gasteiger partial charge in [0.15, 0.2) is 0 Å². The highest BCUT2D eigenvalue weighted by Crippen LogP contribution is 2.24. The molecule has 0 spiro atoms. The van der Waals surface area contributed by atoms with E-state index < -0.39 is 0 Å². The molecule has 120 valence electrons. The number of hydrogen-bond donors (Lipinski definition) is 1. The monoisotopic (exact) mass is 332 g/mol. The Hall–Kier alpha value is -2.34. The molecule has 0 bridgehead atoms. The molecular weight excluding hydrogens is 316 g/mol. The Kier molecular flexibility index (Phi) is 4.34. The first-order chi connectivity index (χ1) is 11.0. The molecule has 23 heavy (non-hydrogen) atoms. The van der Waals surface area contributed by atoms with Crippen LogP contribution in [0.5, 0.6) is 0 Å². The number of carbonyl (C=O) groups excluding carboxylic acids is 2. The number of aryl methyl sites for hydroxylation is 1. The van der Waals surface area contributed by atoms with E-state index >= 15 is 0 Å². The van der Waals surface area contributed by atoms with Crippen LogP contribution >= 0.6 is 11.6 Å². The van der Waals surface area contributed by atoms with Crippen LogP contribution in [0.25, 0.3) is 0 Å². The third-order valence-corrected chi connectivity index (χ3v) is 4.28. The number of hydrogen-bond acceptors (Lipinski definition) is 3. The Morgan fingerprint density at radius 3 is 2.91 bits per heavy atom. The van der Waals surface area contributed by atoms with Gasteiger partial charge in [-0.05, 0) is 11.6 Å². The second-order valence-corrected chi connectivity index (χ2v) is 5.99. The molecule has 1 aromatic carbocycles. The number of nitrogens with one attached hydrogen (secondary N) is 1. The van der Waals surface area contributed by atoms with E-state index in [1.165, 1.54) is 0 Å². The number of halogens is 1. The summed E-state index contributed by atoms with van der Waals surface area (Å²) in [6, 6.07) is 7.36. The summed E-state index contributed by atoms with van der Waals surface area (Å²) < 4.78 is 1.63. The van der Waals surface area contributed by atoms with Gasteiger partial charge in [-0.25, -0.2) is 0 Å². The molecule has 2 heterocycles. The van der Waals surface area contributed by atoms with Crippen LogP contribution in [0.3, 0.4) is 0 Å². The topological polar surface area (TPSA) is 67.2 Å². The van der Waals surface area contributed by atoms with E-state index in [4.69, 9.17) is 11.6 Å². The van der Waals surface area contributed by atoms with Crippen LogP contribution in [0.15, 0.2) is 36.7 Å². The first kappa shape index (κ1) is 15.6. The standard InChI is InChI=1S/C16H17ClN4O2/c1-20-10-13(8-19-20)21-9-12(6-15(21)22)16(23)18-7-11-4-2-3-5-14(11)17/h2-5,8,10,12H,6-7,9H2,1H3,(H,18,23)/t12-/m0/s1. The highest BCUT2D eigenvalue weighted by atomic mass is 35.5. The SMILES string of the molecule is Cn1cc(N2C[C@@H](C(=O)NCc3ccccc3Cl)CC2=O)cn1. The molecule has 0 unspecified atom stereocenters. The molecular formula is C16H17ClN4O2. The van der Waals surface area contributed by atoms with Crippen molar-refractivity contribution in [3.63, 3.8) is 0 Å². The third-order valence-electron chi connectivity index (χ3n) is 3.91. The molecule has 0 aliphatic carbocycles. The number of amides is 2. The van der Waals surface area contributed by atoms with Crippen molar-refractivity contribution in [1.29, 1.82) is 0 Å². The molecule has 3 rings (SSSR count). The molecule has 2 aromatic rings. The van der Waals surface area contributed by atoms with Gasteiger partial charge in [-0.3, -0.25) is 14.3 Å². The molecule has 0 saturated carbocycles. The predicted octanol–water partition coefficient (Wildman–Crippen LogP) is 1.74. The van der Waals surface area contributed by atoms with Crippen molar-refractivity contribution in [1.82, 2.24) is 15.1 Å². The van der Waals surface area contributed by atoms with Gasteiger partial charge in [-0.15, -0.1) is 0 Å². The van der Waals surface area contributed by atoms with Gasteiger partial charge >= 0.3 is 0 Å². The van der Waals surface area contributed by atoms with Gasteiger partial charge in [0.05, 0.1) is 17.8 Å². The van der Waals surface area contributed by atoms with Gasteiger partial charge in [0.2, 0.25) is 11.8 Å². The molecule has 1 N–H and O–H groups in total. The lowest BCUT2D eigenvalue weighted by Crippen LogP contribution is -2.32. The first-order valence-corrected chi connectivity index (χ1v) is 7.72. The molecule has 0 radical (unpaired) electrons. The molecule has 7 heteroatoms. The Bertz CT molecular complexity index is 743. The zero-order valence-electron chi connectivity index (χ0n) is 12.7. The van der Waals surface area contributed by atoms with E-state index in [9.17, 15) is 9.59 Å². The fourth-order valence-corrected chi connectivity index (χ4v) is 2.85. The second-order valence-electron chi connectivity index (χ2n) is 5.59. The van der Waals surface area contributed by atoms with Crippen LogP contribution in [0.2, 0.25) is 5.02 Å². The van der Waals surface area contributed by atoms with E-state index in [0.717, 1.165) is 11.3 Å². The Morgan fingerprint density at radius 2 is 2.22 bits per heavy atom. The van der Waals surface area contributed by atoms with Crippen LogP contribution in [-0.2, 0) is 23.2 Å². The number of anilines is 1. The van der Waals surface area contributed by atoms with Crippen molar-refractivity contribution < 1.29 is 9.59 Å². The van der Waals surface area contributed by atoms with Crippen LogP contribution < -0.4 is 10.2 Å². The number of nitrogens with zero attached hydrogens (tertiary/aromatic N) is 3. The van der Waals surface area contributed by atoms with Crippen molar-refractivity contribution in [3.05, 3.63) is 47.2 Å². The highest BCUT2D eigenvalue weighted by Gasteiger charge is 2.35. The summed E-state index contributed by atoms with van der Waals surface area (Å²) in [6.07, 6.45) is 3.60. The maximum atomic E-state index is 12.3. The van der Waals surface area contributed by atoms with Crippen LogP contribution in [0.4, 0.5) is 5.69 Å². The van der Waals surface area contributed by atoms with Gasteiger partial charge in [0.25, 0.3) is 0 Å². The summed E-state index contributed by atoms with van der Waals surface area (Å²) in [5.74, 6) is -0.550. The Morgan fingerprint density at radius 1 is 1.43 bits per heavy atom. The maximum Gasteiger partial charge on any atom is 0.227 e. The Balaban J connectivity index is 1.61.